The first-order valence-electron chi connectivity index (χ1n) is 34.6. The molecule has 0 bridgehead atoms. The number of carbonyl (C=O) groups is 6. The normalized spacial score (nSPS) is 26.5. The van der Waals surface area contributed by atoms with Gasteiger partial charge in [0.15, 0.2) is 18.9 Å². The molecule has 3 saturated heterocycles. The Kier molecular flexibility index (Phi) is 46.3. The van der Waals surface area contributed by atoms with Gasteiger partial charge >= 0.3 is 0 Å². The van der Waals surface area contributed by atoms with Crippen LogP contribution in [-0.4, -0.2) is 345 Å². The van der Waals surface area contributed by atoms with Crippen LogP contribution in [0, 0.1) is 16.7 Å². The van der Waals surface area contributed by atoms with Crippen molar-refractivity contribution >= 4 is 35.3 Å². The zero-order valence-corrected chi connectivity index (χ0v) is 59.4. The van der Waals surface area contributed by atoms with Gasteiger partial charge in [0.2, 0.25) is 29.5 Å². The number of Topliss-reactive ketones (excluding diaryl/α,β-unsaturated/α-hetero) is 1. The summed E-state index contributed by atoms with van der Waals surface area (Å²) in [6.07, 6.45) is -12.8. The number of nitrogens with one attached hydrogen (secondary N) is 5. The Bertz CT molecular complexity index is 2030. The second kappa shape index (κ2) is 51.3. The molecule has 35 heteroatoms. The average molecular weight is 1450 g/mol. The first-order valence-corrected chi connectivity index (χ1v) is 34.6. The minimum atomic E-state index is -1.43. The number of aliphatic hydroxyl groups excluding tert-OH is 9. The molecule has 5 amide bonds. The quantitative estimate of drug-likeness (QED) is 0.0256. The lowest BCUT2D eigenvalue weighted by atomic mass is 9.59. The molecule has 0 aromatic carbocycles. The van der Waals surface area contributed by atoms with Crippen LogP contribution in [0.25, 0.3) is 0 Å². The maximum Gasteiger partial charge on any atom is 0.220 e. The fraction of sp³-hybridized carbons (Fsp3) is 0.908. The molecule has 0 saturated carbocycles. The van der Waals surface area contributed by atoms with Crippen molar-refractivity contribution in [2.75, 3.05) is 172 Å². The molecule has 14 N–H and O–H groups in total. The molecule has 3 aliphatic rings. The van der Waals surface area contributed by atoms with Crippen molar-refractivity contribution in [1.29, 1.82) is 0 Å². The Labute approximate surface area is 586 Å². The SMILES string of the molecule is CC(=O)NC1C(OCCOCCOCCOCCCC(=O)CCC(CCC(=O)NCCOCCOCCOCCOC2OC(CO)C(O)C(O)C2NC(C)=O)(CCC(=O)NCCOCCOCCOCCOC2OC(CO)C(O)C(O)C2NC(C)=O)C(C)C(C)(C)C)OC(CO)C(O)C1O. The summed E-state index contributed by atoms with van der Waals surface area (Å²) in [5.74, 6) is -1.82. The second-order valence-corrected chi connectivity index (χ2v) is 25.7. The van der Waals surface area contributed by atoms with Crippen molar-refractivity contribution in [3.8, 4) is 0 Å². The van der Waals surface area contributed by atoms with E-state index >= 15 is 0 Å². The Morgan fingerprint density at radius 1 is 0.380 bits per heavy atom. The zero-order valence-electron chi connectivity index (χ0n) is 59.4. The molecule has 0 aromatic rings. The highest BCUT2D eigenvalue weighted by Crippen LogP contribution is 2.50. The van der Waals surface area contributed by atoms with Crippen LogP contribution in [0.5, 0.6) is 0 Å². The van der Waals surface area contributed by atoms with E-state index in [-0.39, 0.29) is 200 Å². The van der Waals surface area contributed by atoms with Crippen molar-refractivity contribution < 1.29 is 146 Å². The van der Waals surface area contributed by atoms with Crippen molar-refractivity contribution in [3.63, 3.8) is 0 Å². The largest absolute Gasteiger partial charge is 0.394 e. The maximum absolute atomic E-state index is 13.6. The third-order valence-electron chi connectivity index (χ3n) is 17.2. The van der Waals surface area contributed by atoms with E-state index in [9.17, 15) is 74.7 Å². The standard InChI is InChI=1S/C65H119N5O30/c1-42(64(5,6)7)65(13-10-46(77)9-8-18-86-21-24-89-27-30-92-33-36-95-61-52(68-43(2)74)58(83)55(80)47(39-71)98-61,14-11-50(78)66-16-19-87-22-25-90-28-31-93-34-37-96-62-53(69-44(3)75)59(84)56(81)48(40-72)99-62)15-12-51(79)67-17-20-88-23-26-91-29-32-94-35-38-97-63-54(70-45(4)76)60(85)57(82)49(41-73)100-63/h42,47-49,52-63,71-73,80-85H,8-41H2,1-7H3,(H,66,78)(H,67,79)(H,68,74)(H,69,75)(H,70,76). The summed E-state index contributed by atoms with van der Waals surface area (Å²) >= 11 is 0. The summed E-state index contributed by atoms with van der Waals surface area (Å²) in [7, 11) is 0. The molecule has 0 aromatic heterocycles. The molecule has 16 atom stereocenters. The van der Waals surface area contributed by atoms with Crippen molar-refractivity contribution in [2.24, 2.45) is 16.7 Å². The van der Waals surface area contributed by atoms with Gasteiger partial charge in [-0.15, -0.1) is 0 Å². The van der Waals surface area contributed by atoms with Crippen LogP contribution in [0.2, 0.25) is 0 Å². The van der Waals surface area contributed by atoms with E-state index in [0.717, 1.165) is 0 Å². The molecule has 16 unspecified atom stereocenters. The summed E-state index contributed by atoms with van der Waals surface area (Å²) in [5, 5.41) is 104. The first kappa shape index (κ1) is 90.3. The lowest BCUT2D eigenvalue weighted by molar-refractivity contribution is -0.272. The smallest absolute Gasteiger partial charge is 0.220 e. The Morgan fingerprint density at radius 2 is 0.650 bits per heavy atom. The predicted molar refractivity (Wildman–Crippen MR) is 350 cm³/mol. The topological polar surface area (TPSA) is 483 Å². The fourth-order valence-corrected chi connectivity index (χ4v) is 11.4. The van der Waals surface area contributed by atoms with Gasteiger partial charge in [-0.25, -0.2) is 0 Å². The van der Waals surface area contributed by atoms with Crippen molar-refractivity contribution in [3.05, 3.63) is 0 Å². The van der Waals surface area contributed by atoms with Gasteiger partial charge in [-0.3, -0.25) is 28.8 Å². The maximum atomic E-state index is 13.6. The number of ether oxygens (including phenoxy) is 15. The molecule has 3 fully saturated rings. The average Bonchev–Trinajstić information content (AvgIpc) is 0.836. The molecule has 584 valence electrons. The molecule has 0 aliphatic carbocycles. The number of ketones is 1. The third-order valence-corrected chi connectivity index (χ3v) is 17.2. The van der Waals surface area contributed by atoms with Gasteiger partial charge in [0.25, 0.3) is 0 Å². The van der Waals surface area contributed by atoms with Crippen LogP contribution in [0.3, 0.4) is 0 Å². The number of hydrogen-bond acceptors (Lipinski definition) is 30. The van der Waals surface area contributed by atoms with Gasteiger partial charge in [0.1, 0.15) is 78.8 Å². The van der Waals surface area contributed by atoms with E-state index in [2.05, 4.69) is 54.3 Å². The van der Waals surface area contributed by atoms with E-state index in [1.54, 1.807) is 0 Å². The van der Waals surface area contributed by atoms with E-state index in [1.165, 1.54) is 20.8 Å². The lowest BCUT2D eigenvalue weighted by Gasteiger charge is -2.46. The lowest BCUT2D eigenvalue weighted by Crippen LogP contribution is -2.64. The molecule has 3 aliphatic heterocycles. The van der Waals surface area contributed by atoms with Crippen LogP contribution < -0.4 is 26.6 Å². The molecule has 35 nitrogen and oxygen atoms in total. The van der Waals surface area contributed by atoms with Crippen LogP contribution in [0.4, 0.5) is 0 Å². The molecule has 3 rings (SSSR count). The van der Waals surface area contributed by atoms with E-state index < -0.39 is 135 Å². The third kappa shape index (κ3) is 35.2. The Balaban J connectivity index is 1.41. The number of aliphatic hydroxyl groups is 9. The summed E-state index contributed by atoms with van der Waals surface area (Å²) in [6, 6.07) is -3.18. The fourth-order valence-electron chi connectivity index (χ4n) is 11.4. The molecule has 100 heavy (non-hydrogen) atoms. The molecule has 0 spiro atoms. The number of hydrogen-bond donors (Lipinski definition) is 14. The summed E-state index contributed by atoms with van der Waals surface area (Å²) in [4.78, 5) is 75.6. The number of amides is 5. The minimum Gasteiger partial charge on any atom is -0.394 e. The highest BCUT2D eigenvalue weighted by Gasteiger charge is 2.48. The van der Waals surface area contributed by atoms with E-state index in [0.29, 0.717) is 32.3 Å². The molecular weight excluding hydrogens is 1330 g/mol. The van der Waals surface area contributed by atoms with Crippen LogP contribution >= 0.6 is 0 Å². The molecule has 3 heterocycles. The summed E-state index contributed by atoms with van der Waals surface area (Å²) < 4.78 is 84.0. The van der Waals surface area contributed by atoms with Gasteiger partial charge in [-0.2, -0.15) is 0 Å². The molecule has 0 radical (unpaired) electrons. The van der Waals surface area contributed by atoms with Crippen LogP contribution in [0.1, 0.15) is 99.8 Å². The van der Waals surface area contributed by atoms with Crippen molar-refractivity contribution in [2.45, 2.75) is 192 Å². The highest BCUT2D eigenvalue weighted by atomic mass is 16.7. The Hall–Kier alpha value is -3.94. The van der Waals surface area contributed by atoms with Gasteiger partial charge < -0.3 is 144 Å². The second-order valence-electron chi connectivity index (χ2n) is 25.7. The highest BCUT2D eigenvalue weighted by molar-refractivity contribution is 5.79. The zero-order chi connectivity index (χ0) is 73.9. The minimum absolute atomic E-state index is 0.0184. The monoisotopic (exact) mass is 1450 g/mol. The first-order chi connectivity index (χ1) is 47.8. The summed E-state index contributed by atoms with van der Waals surface area (Å²) in [5.41, 5.74) is -0.872. The van der Waals surface area contributed by atoms with Crippen molar-refractivity contribution in [1.82, 2.24) is 26.6 Å². The van der Waals surface area contributed by atoms with Gasteiger partial charge in [-0.05, 0) is 42.4 Å². The van der Waals surface area contributed by atoms with Gasteiger partial charge in [0, 0.05) is 66.2 Å². The Morgan fingerprint density at radius 3 is 0.930 bits per heavy atom. The summed E-state index contributed by atoms with van der Waals surface area (Å²) in [6.45, 7) is 15.1. The van der Waals surface area contributed by atoms with E-state index in [1.807, 2.05) is 0 Å². The van der Waals surface area contributed by atoms with Gasteiger partial charge in [-0.1, -0.05) is 27.7 Å². The van der Waals surface area contributed by atoms with Crippen LogP contribution in [0.15, 0.2) is 0 Å². The van der Waals surface area contributed by atoms with Crippen LogP contribution in [-0.2, 0) is 99.8 Å². The number of carbonyl (C=O) groups excluding carboxylic acids is 6. The predicted octanol–water partition coefficient (Wildman–Crippen LogP) is -4.39. The van der Waals surface area contributed by atoms with Gasteiger partial charge in [0.05, 0.1) is 152 Å². The van der Waals surface area contributed by atoms with E-state index in [4.69, 9.17) is 71.1 Å². The number of rotatable bonds is 56. The molecular formula is C65H119N5O30.